The van der Waals surface area contributed by atoms with E-state index in [1.165, 1.54) is 31.4 Å². The molecule has 0 saturated heterocycles. The van der Waals surface area contributed by atoms with Crippen LogP contribution in [0.1, 0.15) is 37.7 Å². The number of rotatable bonds is 4. The van der Waals surface area contributed by atoms with Crippen LogP contribution in [0.3, 0.4) is 0 Å². The Labute approximate surface area is 193 Å². The van der Waals surface area contributed by atoms with Gasteiger partial charge in [-0.3, -0.25) is 0 Å². The van der Waals surface area contributed by atoms with Crippen LogP contribution >= 0.6 is 0 Å². The fraction of sp³-hybridized carbons (Fsp3) is 0.308. The summed E-state index contributed by atoms with van der Waals surface area (Å²) in [6, 6.07) is 7.27. The van der Waals surface area contributed by atoms with Gasteiger partial charge in [-0.15, -0.1) is 0 Å². The van der Waals surface area contributed by atoms with E-state index in [1.54, 1.807) is 12.1 Å². The molecule has 3 fully saturated rings. The van der Waals surface area contributed by atoms with Crippen molar-refractivity contribution in [2.24, 2.45) is 11.8 Å². The van der Waals surface area contributed by atoms with Crippen molar-refractivity contribution < 1.29 is 17.6 Å². The number of fused-ring (bicyclic) bond motifs is 4. The third-order valence-corrected chi connectivity index (χ3v) is 7.35. The summed E-state index contributed by atoms with van der Waals surface area (Å²) in [6.45, 7) is 0. The van der Waals surface area contributed by atoms with Crippen molar-refractivity contribution in [1.29, 1.82) is 5.26 Å². The maximum absolute atomic E-state index is 15.9. The van der Waals surface area contributed by atoms with Gasteiger partial charge in [-0.25, -0.2) is 18.2 Å². The first-order chi connectivity index (χ1) is 16.5. The van der Waals surface area contributed by atoms with Gasteiger partial charge in [0, 0.05) is 29.3 Å². The van der Waals surface area contributed by atoms with Crippen LogP contribution in [0, 0.1) is 40.6 Å². The number of H-pyrrole nitrogens is 1. The summed E-state index contributed by atoms with van der Waals surface area (Å²) in [5, 5.41) is 13.6. The van der Waals surface area contributed by atoms with Gasteiger partial charge in [0.05, 0.1) is 28.6 Å². The largest absolute Gasteiger partial charge is 0.464 e. The molecular formula is C26H21F3N4O. The molecule has 1 aromatic carbocycles. The van der Waals surface area contributed by atoms with Crippen LogP contribution in [0.2, 0.25) is 0 Å². The van der Waals surface area contributed by atoms with Gasteiger partial charge in [-0.2, -0.15) is 5.26 Å². The minimum Gasteiger partial charge on any atom is -0.464 e. The number of pyridine rings is 1. The minimum absolute atomic E-state index is 0.0178. The molecule has 0 aliphatic heterocycles. The van der Waals surface area contributed by atoms with Crippen LogP contribution in [0.4, 0.5) is 19.0 Å². The van der Waals surface area contributed by atoms with E-state index in [9.17, 15) is 14.0 Å². The van der Waals surface area contributed by atoms with E-state index in [0.717, 1.165) is 25.3 Å². The topological polar surface area (TPSA) is 77.6 Å². The van der Waals surface area contributed by atoms with E-state index in [2.05, 4.69) is 15.3 Å². The zero-order valence-electron chi connectivity index (χ0n) is 18.2. The Morgan fingerprint density at radius 3 is 2.65 bits per heavy atom. The monoisotopic (exact) mass is 462 g/mol. The quantitative estimate of drug-likeness (QED) is 0.351. The molecule has 1 atom stereocenters. The lowest BCUT2D eigenvalue weighted by Gasteiger charge is -2.42. The van der Waals surface area contributed by atoms with Crippen molar-refractivity contribution in [2.75, 3.05) is 5.32 Å². The number of anilines is 1. The van der Waals surface area contributed by atoms with E-state index in [1.807, 2.05) is 6.07 Å². The molecule has 4 aromatic rings. The molecule has 2 bridgehead atoms. The number of nitriles is 1. The average Bonchev–Trinajstić information content (AvgIpc) is 3.51. The number of hydrogen-bond acceptors (Lipinski definition) is 4. The fourth-order valence-electron chi connectivity index (χ4n) is 5.70. The van der Waals surface area contributed by atoms with Crippen LogP contribution in [0.15, 0.2) is 41.1 Å². The molecule has 3 aliphatic carbocycles. The molecule has 3 saturated carbocycles. The van der Waals surface area contributed by atoms with Crippen molar-refractivity contribution in [3.05, 3.63) is 59.7 Å². The van der Waals surface area contributed by atoms with E-state index in [0.29, 0.717) is 17.4 Å². The van der Waals surface area contributed by atoms with Gasteiger partial charge in [0.25, 0.3) is 0 Å². The van der Waals surface area contributed by atoms with E-state index >= 15 is 4.39 Å². The number of furan rings is 1. The Kier molecular flexibility index (Phi) is 4.87. The fourth-order valence-corrected chi connectivity index (χ4v) is 5.70. The van der Waals surface area contributed by atoms with Gasteiger partial charge in [0.2, 0.25) is 0 Å². The number of benzene rings is 1. The predicted molar refractivity (Wildman–Crippen MR) is 121 cm³/mol. The summed E-state index contributed by atoms with van der Waals surface area (Å²) in [4.78, 5) is 7.32. The van der Waals surface area contributed by atoms with E-state index in [4.69, 9.17) is 4.42 Å². The van der Waals surface area contributed by atoms with E-state index < -0.39 is 17.5 Å². The number of aromatic amines is 1. The Morgan fingerprint density at radius 1 is 1.15 bits per heavy atom. The van der Waals surface area contributed by atoms with Crippen molar-refractivity contribution in [3.8, 4) is 28.7 Å². The minimum atomic E-state index is -0.760. The van der Waals surface area contributed by atoms with Crippen molar-refractivity contribution in [3.63, 3.8) is 0 Å². The molecule has 172 valence electrons. The molecule has 1 unspecified atom stereocenters. The second-order valence-electron chi connectivity index (χ2n) is 9.24. The third kappa shape index (κ3) is 3.26. The van der Waals surface area contributed by atoms with Crippen molar-refractivity contribution >= 4 is 16.7 Å². The highest BCUT2D eigenvalue weighted by Crippen LogP contribution is 2.44. The zero-order valence-corrected chi connectivity index (χ0v) is 18.2. The second kappa shape index (κ2) is 7.94. The van der Waals surface area contributed by atoms with Gasteiger partial charge >= 0.3 is 0 Å². The van der Waals surface area contributed by atoms with Gasteiger partial charge in [-0.1, -0.05) is 12.8 Å². The molecule has 0 radical (unpaired) electrons. The summed E-state index contributed by atoms with van der Waals surface area (Å²) in [5.74, 6) is -0.929. The Hall–Kier alpha value is -3.73. The molecule has 0 spiro atoms. The molecular weight excluding hydrogens is 441 g/mol. The lowest BCUT2D eigenvalue weighted by Crippen LogP contribution is -2.40. The first-order valence-electron chi connectivity index (χ1n) is 11.4. The van der Waals surface area contributed by atoms with Gasteiger partial charge in [-0.05, 0) is 49.3 Å². The molecule has 7 rings (SSSR count). The maximum atomic E-state index is 15.9. The highest BCUT2D eigenvalue weighted by atomic mass is 19.1. The lowest BCUT2D eigenvalue weighted by molar-refractivity contribution is 0.157. The first kappa shape index (κ1) is 20.8. The van der Waals surface area contributed by atoms with Crippen LogP contribution < -0.4 is 5.32 Å². The Balaban J connectivity index is 1.56. The summed E-state index contributed by atoms with van der Waals surface area (Å²) < 4.78 is 49.8. The number of nitrogens with zero attached hydrogens (tertiary/aromatic N) is 2. The molecule has 3 heterocycles. The molecule has 8 heteroatoms. The van der Waals surface area contributed by atoms with Crippen molar-refractivity contribution in [2.45, 2.75) is 38.1 Å². The maximum Gasteiger partial charge on any atom is 0.177 e. The number of aromatic nitrogens is 2. The summed E-state index contributed by atoms with van der Waals surface area (Å²) in [6.07, 6.45) is 8.40. The SMILES string of the molecule is N#Cc1c(-c2c[nH]c3c(F)cc(F)cc23)nc(NC2CC3CCC2CC3)c(F)c1-c1ccco1. The number of halogens is 3. The van der Waals surface area contributed by atoms with Gasteiger partial charge in [0.1, 0.15) is 23.5 Å². The Bertz CT molecular complexity index is 1430. The summed E-state index contributed by atoms with van der Waals surface area (Å²) in [5.41, 5.74) is 0.451. The number of nitrogens with one attached hydrogen (secondary N) is 2. The van der Waals surface area contributed by atoms with Crippen LogP contribution in [-0.4, -0.2) is 16.0 Å². The van der Waals surface area contributed by atoms with Gasteiger partial charge < -0.3 is 14.7 Å². The molecule has 3 aromatic heterocycles. The average molecular weight is 462 g/mol. The zero-order chi connectivity index (χ0) is 23.4. The highest BCUT2D eigenvalue weighted by molar-refractivity contribution is 5.97. The third-order valence-electron chi connectivity index (χ3n) is 7.35. The molecule has 5 nitrogen and oxygen atoms in total. The second-order valence-corrected chi connectivity index (χ2v) is 9.24. The Morgan fingerprint density at radius 2 is 1.97 bits per heavy atom. The standard InChI is InChI=1S/C26H21F3N4O/c27-15-9-16-18(12-31-25(16)19(28)10-15)24-17(11-30)22(21-2-1-7-34-21)23(29)26(33-24)32-20-8-13-3-5-14(20)6-4-13/h1-2,7,9-10,12-14,20,31H,3-6,8H2,(H,32,33). The van der Waals surface area contributed by atoms with Crippen LogP contribution in [-0.2, 0) is 0 Å². The van der Waals surface area contributed by atoms with Crippen LogP contribution in [0.25, 0.3) is 33.5 Å². The first-order valence-corrected chi connectivity index (χ1v) is 11.4. The summed E-state index contributed by atoms with van der Waals surface area (Å²) >= 11 is 0. The normalized spacial score (nSPS) is 21.6. The number of hydrogen-bond donors (Lipinski definition) is 2. The van der Waals surface area contributed by atoms with Crippen molar-refractivity contribution in [1.82, 2.24) is 9.97 Å². The van der Waals surface area contributed by atoms with Gasteiger partial charge in [0.15, 0.2) is 11.6 Å². The highest BCUT2D eigenvalue weighted by Gasteiger charge is 2.37. The smallest absolute Gasteiger partial charge is 0.177 e. The predicted octanol–water partition coefficient (Wildman–Crippen LogP) is 6.77. The summed E-state index contributed by atoms with van der Waals surface area (Å²) in [7, 11) is 0. The van der Waals surface area contributed by atoms with Crippen LogP contribution in [0.5, 0.6) is 0 Å². The molecule has 3 aliphatic rings. The lowest BCUT2D eigenvalue weighted by atomic mass is 9.68. The van der Waals surface area contributed by atoms with E-state index in [-0.39, 0.29) is 45.3 Å². The molecule has 34 heavy (non-hydrogen) atoms. The molecule has 0 amide bonds. The molecule has 2 N–H and O–H groups in total.